The van der Waals surface area contributed by atoms with Crippen LogP contribution in [0.2, 0.25) is 0 Å². The van der Waals surface area contributed by atoms with Gasteiger partial charge in [-0.15, -0.1) is 0 Å². The van der Waals surface area contributed by atoms with Crippen molar-refractivity contribution in [1.29, 1.82) is 0 Å². The van der Waals surface area contributed by atoms with Crippen LogP contribution in [0.4, 0.5) is 0 Å². The quantitative estimate of drug-likeness (QED) is 0.648. The summed E-state index contributed by atoms with van der Waals surface area (Å²) < 4.78 is 0. The van der Waals surface area contributed by atoms with E-state index < -0.39 is 0 Å². The highest BCUT2D eigenvalue weighted by atomic mass is 16.3. The first-order chi connectivity index (χ1) is 7.09. The van der Waals surface area contributed by atoms with E-state index in [-0.39, 0.29) is 24.2 Å². The minimum Gasteiger partial charge on any atom is -0.396 e. The predicted molar refractivity (Wildman–Crippen MR) is 61.7 cm³/mol. The molecular formula is C12H25NO2. The Morgan fingerprint density at radius 1 is 1.20 bits per heavy atom. The topological polar surface area (TPSA) is 52.5 Å². The van der Waals surface area contributed by atoms with Gasteiger partial charge in [0, 0.05) is 24.6 Å². The number of rotatable bonds is 5. The highest BCUT2D eigenvalue weighted by molar-refractivity contribution is 4.85. The molecule has 0 heterocycles. The van der Waals surface area contributed by atoms with Gasteiger partial charge in [0.25, 0.3) is 0 Å². The maximum absolute atomic E-state index is 9.49. The van der Waals surface area contributed by atoms with Crippen LogP contribution in [0.15, 0.2) is 0 Å². The van der Waals surface area contributed by atoms with E-state index in [4.69, 9.17) is 0 Å². The van der Waals surface area contributed by atoms with Crippen molar-refractivity contribution < 1.29 is 10.2 Å². The van der Waals surface area contributed by atoms with E-state index in [0.29, 0.717) is 0 Å². The number of aliphatic hydroxyl groups excluding tert-OH is 2. The van der Waals surface area contributed by atoms with Gasteiger partial charge in [-0.2, -0.15) is 0 Å². The van der Waals surface area contributed by atoms with Gasteiger partial charge in [0.2, 0.25) is 0 Å². The Morgan fingerprint density at radius 3 is 2.27 bits per heavy atom. The Balaban J connectivity index is 2.38. The van der Waals surface area contributed by atoms with Crippen LogP contribution in [0.1, 0.15) is 46.0 Å². The molecule has 0 amide bonds. The first-order valence-corrected chi connectivity index (χ1v) is 6.12. The van der Waals surface area contributed by atoms with Crippen molar-refractivity contribution in [3.05, 3.63) is 0 Å². The summed E-state index contributed by atoms with van der Waals surface area (Å²) >= 11 is 0. The molecule has 2 atom stereocenters. The first-order valence-electron chi connectivity index (χ1n) is 6.12. The lowest BCUT2D eigenvalue weighted by Gasteiger charge is -2.37. The van der Waals surface area contributed by atoms with Crippen LogP contribution in [-0.4, -0.2) is 35.5 Å². The molecule has 3 heteroatoms. The Kier molecular flexibility index (Phi) is 5.03. The zero-order valence-corrected chi connectivity index (χ0v) is 10.00. The predicted octanol–water partition coefficient (Wildman–Crippen LogP) is 1.29. The molecule has 0 spiro atoms. The fourth-order valence-electron chi connectivity index (χ4n) is 2.24. The van der Waals surface area contributed by atoms with Crippen LogP contribution in [0, 0.1) is 5.41 Å². The van der Waals surface area contributed by atoms with E-state index in [1.807, 2.05) is 6.92 Å². The molecule has 3 N–H and O–H groups in total. The van der Waals surface area contributed by atoms with Crippen molar-refractivity contribution in [2.24, 2.45) is 5.41 Å². The molecule has 1 saturated carbocycles. The molecule has 2 unspecified atom stereocenters. The van der Waals surface area contributed by atoms with E-state index >= 15 is 0 Å². The molecule has 0 aromatic carbocycles. The van der Waals surface area contributed by atoms with Gasteiger partial charge in [-0.1, -0.05) is 19.3 Å². The van der Waals surface area contributed by atoms with E-state index in [9.17, 15) is 10.2 Å². The summed E-state index contributed by atoms with van der Waals surface area (Å²) in [5, 5.41) is 22.2. The highest BCUT2D eigenvalue weighted by Crippen LogP contribution is 2.35. The fourth-order valence-corrected chi connectivity index (χ4v) is 2.24. The van der Waals surface area contributed by atoms with Crippen LogP contribution < -0.4 is 5.32 Å². The summed E-state index contributed by atoms with van der Waals surface area (Å²) in [5.74, 6) is 0. The summed E-state index contributed by atoms with van der Waals surface area (Å²) in [6.45, 7) is 4.88. The Hall–Kier alpha value is -0.120. The molecule has 90 valence electrons. The minimum atomic E-state index is -0.329. The van der Waals surface area contributed by atoms with Gasteiger partial charge in [-0.25, -0.2) is 0 Å². The average molecular weight is 215 g/mol. The molecule has 0 bridgehead atoms. The van der Waals surface area contributed by atoms with Crippen molar-refractivity contribution in [3.63, 3.8) is 0 Å². The minimum absolute atomic E-state index is 0.0708. The Bertz CT molecular complexity index is 176. The third kappa shape index (κ3) is 3.74. The van der Waals surface area contributed by atoms with E-state index in [0.717, 1.165) is 19.4 Å². The lowest BCUT2D eigenvalue weighted by atomic mass is 9.74. The van der Waals surface area contributed by atoms with E-state index in [2.05, 4.69) is 5.32 Å². The van der Waals surface area contributed by atoms with Crippen LogP contribution >= 0.6 is 0 Å². The summed E-state index contributed by atoms with van der Waals surface area (Å²) in [6.07, 6.45) is 5.65. The second-order valence-corrected chi connectivity index (χ2v) is 5.13. The van der Waals surface area contributed by atoms with Crippen LogP contribution in [0.25, 0.3) is 0 Å². The molecule has 1 rings (SSSR count). The molecule has 15 heavy (non-hydrogen) atoms. The third-order valence-electron chi connectivity index (χ3n) is 3.77. The first kappa shape index (κ1) is 12.9. The van der Waals surface area contributed by atoms with Crippen LogP contribution in [-0.2, 0) is 0 Å². The molecular weight excluding hydrogens is 190 g/mol. The van der Waals surface area contributed by atoms with Gasteiger partial charge >= 0.3 is 0 Å². The molecule has 0 radical (unpaired) electrons. The number of nitrogens with one attached hydrogen (secondary N) is 1. The standard InChI is InChI=1S/C12H25NO2/c1-10(11(2)15)13-8-12(9-14)6-4-3-5-7-12/h10-11,13-15H,3-9H2,1-2H3. The Labute approximate surface area is 92.9 Å². The largest absolute Gasteiger partial charge is 0.396 e. The van der Waals surface area contributed by atoms with Crippen molar-refractivity contribution >= 4 is 0 Å². The molecule has 0 aromatic rings. The number of hydrogen-bond donors (Lipinski definition) is 3. The summed E-state index contributed by atoms with van der Waals surface area (Å²) in [7, 11) is 0. The number of hydrogen-bond acceptors (Lipinski definition) is 3. The molecule has 0 aliphatic heterocycles. The smallest absolute Gasteiger partial charge is 0.0662 e. The van der Waals surface area contributed by atoms with E-state index in [1.54, 1.807) is 6.92 Å². The fraction of sp³-hybridized carbons (Fsp3) is 1.00. The Morgan fingerprint density at radius 2 is 1.80 bits per heavy atom. The average Bonchev–Trinajstić information content (AvgIpc) is 2.27. The lowest BCUT2D eigenvalue weighted by Crippen LogP contribution is -2.45. The normalized spacial score (nSPS) is 24.8. The second-order valence-electron chi connectivity index (χ2n) is 5.13. The van der Waals surface area contributed by atoms with Gasteiger partial charge < -0.3 is 15.5 Å². The van der Waals surface area contributed by atoms with Crippen LogP contribution in [0.3, 0.4) is 0 Å². The molecule has 0 aromatic heterocycles. The second kappa shape index (κ2) is 5.83. The molecule has 0 saturated heterocycles. The molecule has 1 aliphatic rings. The number of aliphatic hydroxyl groups is 2. The lowest BCUT2D eigenvalue weighted by molar-refractivity contribution is 0.0689. The molecule has 1 fully saturated rings. The SMILES string of the molecule is CC(O)C(C)NCC1(CO)CCCCC1. The maximum Gasteiger partial charge on any atom is 0.0662 e. The molecule has 1 aliphatic carbocycles. The molecule has 3 nitrogen and oxygen atoms in total. The highest BCUT2D eigenvalue weighted by Gasteiger charge is 2.31. The van der Waals surface area contributed by atoms with Gasteiger partial charge in [-0.05, 0) is 26.7 Å². The van der Waals surface area contributed by atoms with Crippen molar-refractivity contribution in [1.82, 2.24) is 5.32 Å². The van der Waals surface area contributed by atoms with Crippen LogP contribution in [0.5, 0.6) is 0 Å². The van der Waals surface area contributed by atoms with Gasteiger partial charge in [0.15, 0.2) is 0 Å². The van der Waals surface area contributed by atoms with Gasteiger partial charge in [0.1, 0.15) is 0 Å². The third-order valence-corrected chi connectivity index (χ3v) is 3.77. The maximum atomic E-state index is 9.49. The van der Waals surface area contributed by atoms with E-state index in [1.165, 1.54) is 19.3 Å². The zero-order valence-electron chi connectivity index (χ0n) is 10.00. The summed E-state index contributed by atoms with van der Waals surface area (Å²) in [6, 6.07) is 0.107. The van der Waals surface area contributed by atoms with Crippen molar-refractivity contribution in [2.75, 3.05) is 13.2 Å². The summed E-state index contributed by atoms with van der Waals surface area (Å²) in [5.41, 5.74) is 0.0708. The van der Waals surface area contributed by atoms with Crippen molar-refractivity contribution in [2.45, 2.75) is 58.1 Å². The zero-order chi connectivity index (χ0) is 11.3. The van der Waals surface area contributed by atoms with Gasteiger partial charge in [-0.3, -0.25) is 0 Å². The van der Waals surface area contributed by atoms with Crippen molar-refractivity contribution in [3.8, 4) is 0 Å². The van der Waals surface area contributed by atoms with Gasteiger partial charge in [0.05, 0.1) is 6.10 Å². The summed E-state index contributed by atoms with van der Waals surface area (Å²) in [4.78, 5) is 0. The monoisotopic (exact) mass is 215 g/mol.